The quantitative estimate of drug-likeness (QED) is 0.438. The molecule has 1 unspecified atom stereocenters. The summed E-state index contributed by atoms with van der Waals surface area (Å²) in [7, 11) is -4.08. The Morgan fingerprint density at radius 3 is 2.55 bits per heavy atom. The zero-order valence-corrected chi connectivity index (χ0v) is 18.3. The summed E-state index contributed by atoms with van der Waals surface area (Å²) in [6.45, 7) is 2.28. The molecular formula is C17H17Cl2N5O3S2. The summed E-state index contributed by atoms with van der Waals surface area (Å²) in [5.74, 6) is -0.538. The van der Waals surface area contributed by atoms with Gasteiger partial charge in [0.1, 0.15) is 4.90 Å². The van der Waals surface area contributed by atoms with Crippen LogP contribution in [0, 0.1) is 0 Å². The average Bonchev–Trinajstić information content (AvgIpc) is 2.65. The molecule has 3 rings (SSSR count). The number of carbonyl (C=O) groups excluding carboxylic acids is 1. The Bertz CT molecular complexity index is 1080. The molecule has 0 bridgehead atoms. The Labute approximate surface area is 183 Å². The molecule has 0 aliphatic carbocycles. The lowest BCUT2D eigenvalue weighted by Crippen LogP contribution is -2.54. The second-order valence-electron chi connectivity index (χ2n) is 6.23. The molecule has 0 radical (unpaired) electrons. The van der Waals surface area contributed by atoms with Crippen molar-refractivity contribution in [2.24, 2.45) is 4.99 Å². The van der Waals surface area contributed by atoms with E-state index in [2.05, 4.69) is 38.5 Å². The summed E-state index contributed by atoms with van der Waals surface area (Å²) in [5, 5.41) is 3.22. The standard InChI is InChI=1S/C17H17Cl2N5O3S2/c1-9-8-20-17(23-22-9)24-29(26,27)15-6-12(13(19)7-14(15)28)16(25)21-11-4-2-10(18)3-5-11/h2-7,9,22,28H,8H2,1H3,(H,21,25)(H2,20,23,24). The van der Waals surface area contributed by atoms with Crippen LogP contribution in [0.3, 0.4) is 0 Å². The molecule has 29 heavy (non-hydrogen) atoms. The first kappa shape index (κ1) is 21.7. The zero-order chi connectivity index (χ0) is 21.2. The highest BCUT2D eigenvalue weighted by Gasteiger charge is 2.24. The summed E-state index contributed by atoms with van der Waals surface area (Å²) >= 11 is 16.2. The van der Waals surface area contributed by atoms with Gasteiger partial charge in [0.2, 0.25) is 5.96 Å². The topological polar surface area (TPSA) is 112 Å². The molecule has 1 atom stereocenters. The highest BCUT2D eigenvalue weighted by Crippen LogP contribution is 2.28. The number of nitrogens with one attached hydrogen (secondary N) is 4. The van der Waals surface area contributed by atoms with Crippen molar-refractivity contribution in [1.29, 1.82) is 0 Å². The van der Waals surface area contributed by atoms with Gasteiger partial charge in [-0.3, -0.25) is 10.2 Å². The summed E-state index contributed by atoms with van der Waals surface area (Å²) in [6.07, 6.45) is 0. The number of thiol groups is 1. The summed E-state index contributed by atoms with van der Waals surface area (Å²) in [4.78, 5) is 16.6. The van der Waals surface area contributed by atoms with E-state index in [1.165, 1.54) is 6.07 Å². The maximum absolute atomic E-state index is 12.8. The van der Waals surface area contributed by atoms with Crippen LogP contribution in [-0.2, 0) is 10.0 Å². The molecule has 12 heteroatoms. The number of nitrogens with zero attached hydrogens (tertiary/aromatic N) is 1. The molecule has 0 saturated heterocycles. The van der Waals surface area contributed by atoms with Crippen molar-refractivity contribution in [3.05, 3.63) is 52.0 Å². The van der Waals surface area contributed by atoms with E-state index in [1.807, 2.05) is 6.92 Å². The lowest BCUT2D eigenvalue weighted by Gasteiger charge is -2.22. The van der Waals surface area contributed by atoms with Gasteiger partial charge >= 0.3 is 0 Å². The first-order chi connectivity index (χ1) is 13.7. The van der Waals surface area contributed by atoms with Gasteiger partial charge in [0, 0.05) is 21.6 Å². The molecule has 4 N–H and O–H groups in total. The maximum Gasteiger partial charge on any atom is 0.265 e. The molecular weight excluding hydrogens is 457 g/mol. The smallest absolute Gasteiger partial charge is 0.265 e. The molecule has 1 heterocycles. The lowest BCUT2D eigenvalue weighted by molar-refractivity contribution is 0.102. The monoisotopic (exact) mass is 473 g/mol. The van der Waals surface area contributed by atoms with E-state index in [9.17, 15) is 13.2 Å². The van der Waals surface area contributed by atoms with Crippen molar-refractivity contribution in [2.45, 2.75) is 22.8 Å². The largest absolute Gasteiger partial charge is 0.322 e. The number of hydrazine groups is 1. The number of anilines is 1. The molecule has 1 aliphatic rings. The number of benzene rings is 2. The van der Waals surface area contributed by atoms with E-state index in [4.69, 9.17) is 23.2 Å². The third-order valence-electron chi connectivity index (χ3n) is 3.88. The average molecular weight is 474 g/mol. The van der Waals surface area contributed by atoms with E-state index >= 15 is 0 Å². The molecule has 154 valence electrons. The van der Waals surface area contributed by atoms with Gasteiger partial charge < -0.3 is 5.32 Å². The molecule has 0 spiro atoms. The van der Waals surface area contributed by atoms with Crippen LogP contribution in [-0.4, -0.2) is 32.9 Å². The number of amides is 1. The molecule has 8 nitrogen and oxygen atoms in total. The van der Waals surface area contributed by atoms with Gasteiger partial charge in [-0.1, -0.05) is 23.2 Å². The Hall–Kier alpha value is -1.98. The summed E-state index contributed by atoms with van der Waals surface area (Å²) in [5.41, 5.74) is 6.00. The van der Waals surface area contributed by atoms with Crippen molar-refractivity contribution < 1.29 is 13.2 Å². The highest BCUT2D eigenvalue weighted by molar-refractivity contribution is 7.91. The number of guanidine groups is 1. The number of rotatable bonds is 4. The minimum absolute atomic E-state index is 0.0231. The van der Waals surface area contributed by atoms with Crippen molar-refractivity contribution in [3.63, 3.8) is 0 Å². The SMILES string of the molecule is CC1CN=C(NS(=O)(=O)c2cc(C(=O)Nc3ccc(Cl)cc3)c(Cl)cc2S)NN1. The second-order valence-corrected chi connectivity index (χ2v) is 9.20. The molecule has 0 fully saturated rings. The number of halogens is 2. The molecule has 1 amide bonds. The van der Waals surface area contributed by atoms with E-state index in [0.29, 0.717) is 17.3 Å². The summed E-state index contributed by atoms with van der Waals surface area (Å²) in [6, 6.07) is 8.97. The van der Waals surface area contributed by atoms with E-state index in [1.54, 1.807) is 24.3 Å². The highest BCUT2D eigenvalue weighted by atomic mass is 35.5. The van der Waals surface area contributed by atoms with Crippen molar-refractivity contribution in [3.8, 4) is 0 Å². The van der Waals surface area contributed by atoms with Crippen LogP contribution < -0.4 is 20.9 Å². The fourth-order valence-corrected chi connectivity index (χ4v) is 4.50. The van der Waals surface area contributed by atoms with E-state index in [0.717, 1.165) is 6.07 Å². The molecule has 0 saturated carbocycles. The normalized spacial score (nSPS) is 16.6. The van der Waals surface area contributed by atoms with Gasteiger partial charge in [-0.15, -0.1) is 12.6 Å². The molecule has 1 aliphatic heterocycles. The minimum atomic E-state index is -4.08. The van der Waals surface area contributed by atoms with Crippen LogP contribution in [0.2, 0.25) is 10.0 Å². The number of hydrogen-bond acceptors (Lipinski definition) is 7. The number of hydrogen-bond donors (Lipinski definition) is 5. The Morgan fingerprint density at radius 1 is 1.24 bits per heavy atom. The molecule has 2 aromatic rings. The van der Waals surface area contributed by atoms with Gasteiger partial charge in [-0.25, -0.2) is 23.6 Å². The predicted octanol–water partition coefficient (Wildman–Crippen LogP) is 2.67. The summed E-state index contributed by atoms with van der Waals surface area (Å²) < 4.78 is 27.9. The Balaban J connectivity index is 1.88. The maximum atomic E-state index is 12.8. The van der Waals surface area contributed by atoms with Gasteiger partial charge in [-0.2, -0.15) is 0 Å². The Kier molecular flexibility index (Phi) is 6.59. The van der Waals surface area contributed by atoms with Gasteiger partial charge in [0.05, 0.1) is 17.1 Å². The van der Waals surface area contributed by atoms with Gasteiger partial charge in [0.25, 0.3) is 15.9 Å². The number of carbonyl (C=O) groups is 1. The third-order valence-corrected chi connectivity index (χ3v) is 6.34. The second kappa shape index (κ2) is 8.80. The van der Waals surface area contributed by atoms with Crippen LogP contribution >= 0.6 is 35.8 Å². The van der Waals surface area contributed by atoms with Crippen molar-refractivity contribution in [2.75, 3.05) is 11.9 Å². The first-order valence-electron chi connectivity index (χ1n) is 8.34. The zero-order valence-electron chi connectivity index (χ0n) is 15.0. The van der Waals surface area contributed by atoms with Crippen LogP contribution in [0.15, 0.2) is 51.2 Å². The van der Waals surface area contributed by atoms with Crippen LogP contribution in [0.4, 0.5) is 5.69 Å². The van der Waals surface area contributed by atoms with Crippen molar-refractivity contribution in [1.82, 2.24) is 15.6 Å². The van der Waals surface area contributed by atoms with Crippen LogP contribution in [0.5, 0.6) is 0 Å². The number of sulfonamides is 1. The lowest BCUT2D eigenvalue weighted by atomic mass is 10.2. The van der Waals surface area contributed by atoms with E-state index in [-0.39, 0.29) is 32.4 Å². The van der Waals surface area contributed by atoms with Crippen molar-refractivity contribution >= 4 is 63.4 Å². The number of aliphatic imine (C=N–C) groups is 1. The van der Waals surface area contributed by atoms with Gasteiger partial charge in [-0.05, 0) is 43.3 Å². The minimum Gasteiger partial charge on any atom is -0.322 e. The Morgan fingerprint density at radius 2 is 1.93 bits per heavy atom. The first-order valence-corrected chi connectivity index (χ1v) is 11.0. The molecule has 0 aromatic heterocycles. The van der Waals surface area contributed by atoms with E-state index < -0.39 is 15.9 Å². The predicted molar refractivity (Wildman–Crippen MR) is 116 cm³/mol. The fraction of sp³-hybridized carbons (Fsp3) is 0.176. The van der Waals surface area contributed by atoms with Crippen LogP contribution in [0.1, 0.15) is 17.3 Å². The van der Waals surface area contributed by atoms with Crippen LogP contribution in [0.25, 0.3) is 0 Å². The van der Waals surface area contributed by atoms with Gasteiger partial charge in [0.15, 0.2) is 0 Å². The fourth-order valence-electron chi connectivity index (χ4n) is 2.41. The molecule has 2 aromatic carbocycles. The third kappa shape index (κ3) is 5.34.